The van der Waals surface area contributed by atoms with Crippen molar-refractivity contribution in [1.82, 2.24) is 4.90 Å². The number of carboxylic acid groups (broad SMARTS) is 1. The van der Waals surface area contributed by atoms with Crippen molar-refractivity contribution in [2.45, 2.75) is 12.6 Å². The number of ketones is 1. The molecule has 1 aliphatic rings. The van der Waals surface area contributed by atoms with Crippen LogP contribution in [0.2, 0.25) is 0 Å². The molecule has 3 aromatic rings. The molecule has 1 aliphatic heterocycles. The number of carbonyl (C=O) groups excluding carboxylic acids is 2. The average Bonchev–Trinajstić information content (AvgIpc) is 3.17. The molecule has 0 radical (unpaired) electrons. The first-order chi connectivity index (χ1) is 17.8. The summed E-state index contributed by atoms with van der Waals surface area (Å²) in [4.78, 5) is 39.1. The van der Waals surface area contributed by atoms with Gasteiger partial charge in [-0.25, -0.2) is 4.79 Å². The molecule has 1 atom stereocenters. The number of aliphatic hydroxyl groups excluding tert-OH is 1. The quantitative estimate of drug-likeness (QED) is 0.268. The van der Waals surface area contributed by atoms with Gasteiger partial charge in [-0.1, -0.05) is 24.3 Å². The second kappa shape index (κ2) is 10.4. The monoisotopic (exact) mass is 503 g/mol. The molecule has 1 saturated heterocycles. The van der Waals surface area contributed by atoms with E-state index in [9.17, 15) is 24.6 Å². The van der Waals surface area contributed by atoms with Crippen molar-refractivity contribution >= 4 is 23.4 Å². The topological polar surface area (TPSA) is 123 Å². The first-order valence-corrected chi connectivity index (χ1v) is 11.3. The van der Waals surface area contributed by atoms with E-state index >= 15 is 0 Å². The number of Topliss-reactive ketones (excluding diaryl/α,β-unsaturated/α-hetero) is 1. The van der Waals surface area contributed by atoms with Gasteiger partial charge >= 0.3 is 5.97 Å². The van der Waals surface area contributed by atoms with Gasteiger partial charge < -0.3 is 29.3 Å². The molecule has 190 valence electrons. The normalized spacial score (nSPS) is 16.5. The molecule has 1 fully saturated rings. The van der Waals surface area contributed by atoms with Crippen LogP contribution in [0.3, 0.4) is 0 Å². The van der Waals surface area contributed by atoms with Gasteiger partial charge in [0, 0.05) is 12.1 Å². The van der Waals surface area contributed by atoms with Crippen molar-refractivity contribution in [3.05, 3.63) is 94.6 Å². The van der Waals surface area contributed by atoms with Crippen LogP contribution in [0.5, 0.6) is 17.2 Å². The lowest BCUT2D eigenvalue weighted by molar-refractivity contribution is -0.140. The summed E-state index contributed by atoms with van der Waals surface area (Å²) in [5, 5.41) is 20.5. The summed E-state index contributed by atoms with van der Waals surface area (Å²) in [6, 6.07) is 16.7. The Morgan fingerprint density at radius 2 is 1.51 bits per heavy atom. The maximum absolute atomic E-state index is 13.3. The smallest absolute Gasteiger partial charge is 0.335 e. The summed E-state index contributed by atoms with van der Waals surface area (Å²) in [7, 11) is 4.44. The molecule has 3 aromatic carbocycles. The largest absolute Gasteiger partial charge is 0.507 e. The van der Waals surface area contributed by atoms with Gasteiger partial charge in [-0.2, -0.15) is 0 Å². The number of aromatic carboxylic acids is 1. The van der Waals surface area contributed by atoms with Crippen LogP contribution < -0.4 is 14.2 Å². The number of methoxy groups -OCH3 is 3. The highest BCUT2D eigenvalue weighted by atomic mass is 16.5. The lowest BCUT2D eigenvalue weighted by Crippen LogP contribution is -2.29. The predicted octanol–water partition coefficient (Wildman–Crippen LogP) is 4.03. The van der Waals surface area contributed by atoms with Gasteiger partial charge in [-0.05, 0) is 53.6 Å². The van der Waals surface area contributed by atoms with E-state index in [0.29, 0.717) is 28.4 Å². The van der Waals surface area contributed by atoms with Gasteiger partial charge in [0.15, 0.2) is 11.5 Å². The van der Waals surface area contributed by atoms with Gasteiger partial charge in [-0.15, -0.1) is 0 Å². The Balaban J connectivity index is 1.85. The van der Waals surface area contributed by atoms with Crippen LogP contribution in [0, 0.1) is 0 Å². The first kappa shape index (κ1) is 25.3. The van der Waals surface area contributed by atoms with Crippen LogP contribution in [-0.2, 0) is 16.1 Å². The Bertz CT molecular complexity index is 1390. The van der Waals surface area contributed by atoms with Crippen LogP contribution in [0.1, 0.15) is 33.1 Å². The number of amides is 1. The minimum absolute atomic E-state index is 0.00899. The van der Waals surface area contributed by atoms with Crippen LogP contribution in [0.15, 0.2) is 72.3 Å². The van der Waals surface area contributed by atoms with Gasteiger partial charge in [0.1, 0.15) is 11.5 Å². The molecule has 0 saturated carbocycles. The van der Waals surface area contributed by atoms with Crippen LogP contribution in [-0.4, -0.2) is 54.1 Å². The van der Waals surface area contributed by atoms with E-state index < -0.39 is 23.7 Å². The lowest BCUT2D eigenvalue weighted by atomic mass is 9.95. The fourth-order valence-corrected chi connectivity index (χ4v) is 4.29. The van der Waals surface area contributed by atoms with Crippen molar-refractivity contribution in [2.24, 2.45) is 0 Å². The number of nitrogens with zero attached hydrogens (tertiary/aromatic N) is 1. The van der Waals surface area contributed by atoms with Crippen LogP contribution >= 0.6 is 0 Å². The molecule has 1 unspecified atom stereocenters. The SMILES string of the molecule is COc1cccc(C2/C(=C(/O)c3ccc(OC)c(OC)c3)C(=O)C(=O)N2Cc2ccc(C(=O)O)cc2)c1. The minimum Gasteiger partial charge on any atom is -0.507 e. The zero-order valence-electron chi connectivity index (χ0n) is 20.4. The van der Waals surface area contributed by atoms with E-state index in [-0.39, 0.29) is 29.0 Å². The van der Waals surface area contributed by atoms with E-state index in [1.54, 1.807) is 48.5 Å². The summed E-state index contributed by atoms with van der Waals surface area (Å²) in [5.41, 5.74) is 1.46. The fourth-order valence-electron chi connectivity index (χ4n) is 4.29. The average molecular weight is 504 g/mol. The highest BCUT2D eigenvalue weighted by Crippen LogP contribution is 2.42. The molecule has 0 bridgehead atoms. The first-order valence-electron chi connectivity index (χ1n) is 11.3. The molecule has 0 aliphatic carbocycles. The number of rotatable bonds is 8. The van der Waals surface area contributed by atoms with Gasteiger partial charge in [-0.3, -0.25) is 9.59 Å². The maximum Gasteiger partial charge on any atom is 0.335 e. The van der Waals surface area contributed by atoms with E-state index in [2.05, 4.69) is 0 Å². The van der Waals surface area contributed by atoms with Gasteiger partial charge in [0.2, 0.25) is 0 Å². The Hall–Kier alpha value is -4.79. The fraction of sp³-hybridized carbons (Fsp3) is 0.179. The Morgan fingerprint density at radius 1 is 0.838 bits per heavy atom. The second-order valence-corrected chi connectivity index (χ2v) is 8.28. The third-order valence-corrected chi connectivity index (χ3v) is 6.16. The van der Waals surface area contributed by atoms with Gasteiger partial charge in [0.25, 0.3) is 11.7 Å². The number of hydrogen-bond acceptors (Lipinski definition) is 7. The number of aliphatic hydroxyl groups is 1. The maximum atomic E-state index is 13.3. The molecule has 0 spiro atoms. The van der Waals surface area contributed by atoms with E-state index in [0.717, 1.165) is 0 Å². The molecule has 1 amide bonds. The molecule has 1 heterocycles. The summed E-state index contributed by atoms with van der Waals surface area (Å²) >= 11 is 0. The second-order valence-electron chi connectivity index (χ2n) is 8.28. The summed E-state index contributed by atoms with van der Waals surface area (Å²) in [6.45, 7) is 0.00899. The standard InChI is InChI=1S/C28H25NO8/c1-35-20-6-4-5-18(13-20)24-23(25(30)19-11-12-21(36-2)22(14-19)37-3)26(31)27(32)29(24)15-16-7-9-17(10-8-16)28(33)34/h4-14,24,30H,15H2,1-3H3,(H,33,34)/b25-23-. The number of benzene rings is 3. The van der Waals surface area contributed by atoms with Crippen LogP contribution in [0.4, 0.5) is 0 Å². The molecule has 4 rings (SSSR count). The Labute approximate surface area is 213 Å². The zero-order valence-corrected chi connectivity index (χ0v) is 20.4. The molecule has 9 nitrogen and oxygen atoms in total. The molecule has 0 aromatic heterocycles. The number of ether oxygens (including phenoxy) is 3. The highest BCUT2D eigenvalue weighted by molar-refractivity contribution is 6.46. The third kappa shape index (κ3) is 4.84. The van der Waals surface area contributed by atoms with Crippen molar-refractivity contribution in [1.29, 1.82) is 0 Å². The number of likely N-dealkylation sites (tertiary alicyclic amines) is 1. The van der Waals surface area contributed by atoms with E-state index in [1.165, 1.54) is 44.4 Å². The summed E-state index contributed by atoms with van der Waals surface area (Å²) < 4.78 is 15.9. The van der Waals surface area contributed by atoms with Crippen LogP contribution in [0.25, 0.3) is 5.76 Å². The lowest BCUT2D eigenvalue weighted by Gasteiger charge is -2.26. The van der Waals surface area contributed by atoms with Crippen molar-refractivity contribution in [2.75, 3.05) is 21.3 Å². The zero-order chi connectivity index (χ0) is 26.7. The van der Waals surface area contributed by atoms with Gasteiger partial charge in [0.05, 0.1) is 38.5 Å². The third-order valence-electron chi connectivity index (χ3n) is 6.16. The predicted molar refractivity (Wildman–Crippen MR) is 134 cm³/mol. The minimum atomic E-state index is -1.07. The Kier molecular flexibility index (Phi) is 7.15. The number of carboxylic acids is 1. The van der Waals surface area contributed by atoms with Crippen molar-refractivity contribution in [3.8, 4) is 17.2 Å². The van der Waals surface area contributed by atoms with E-state index in [4.69, 9.17) is 14.2 Å². The number of hydrogen-bond donors (Lipinski definition) is 2. The van der Waals surface area contributed by atoms with Crippen molar-refractivity contribution < 1.29 is 38.8 Å². The highest BCUT2D eigenvalue weighted by Gasteiger charge is 2.46. The molecule has 2 N–H and O–H groups in total. The van der Waals surface area contributed by atoms with E-state index in [1.807, 2.05) is 0 Å². The summed E-state index contributed by atoms with van der Waals surface area (Å²) in [5.74, 6) is -1.78. The van der Waals surface area contributed by atoms with Crippen molar-refractivity contribution in [3.63, 3.8) is 0 Å². The summed E-state index contributed by atoms with van der Waals surface area (Å²) in [6.07, 6.45) is 0. The molecule has 37 heavy (non-hydrogen) atoms. The number of carbonyl (C=O) groups is 3. The molecule has 9 heteroatoms. The molecular weight excluding hydrogens is 478 g/mol. The Morgan fingerprint density at radius 3 is 2.14 bits per heavy atom. The molecular formula is C28H25NO8.